The zero-order valence-electron chi connectivity index (χ0n) is 10.6. The van der Waals surface area contributed by atoms with E-state index in [4.69, 9.17) is 9.63 Å². The number of carbonyl (C=O) groups is 1. The van der Waals surface area contributed by atoms with Crippen molar-refractivity contribution in [2.75, 3.05) is 13.1 Å². The maximum absolute atomic E-state index is 10.7. The highest BCUT2D eigenvalue weighted by molar-refractivity contribution is 5.66. The number of nitrogens with zero attached hydrogens (tertiary/aromatic N) is 3. The van der Waals surface area contributed by atoms with E-state index in [0.717, 1.165) is 25.9 Å². The Morgan fingerprint density at radius 2 is 2.56 bits per heavy atom. The van der Waals surface area contributed by atoms with E-state index in [1.165, 1.54) is 6.33 Å². The number of likely N-dealkylation sites (tertiary alicyclic amines) is 1. The van der Waals surface area contributed by atoms with Gasteiger partial charge in [0.25, 0.3) is 0 Å². The first-order valence-electron chi connectivity index (χ1n) is 6.35. The molecule has 0 aliphatic carbocycles. The molecule has 0 saturated carbocycles. The Morgan fingerprint density at radius 1 is 1.72 bits per heavy atom. The average Bonchev–Trinajstić information content (AvgIpc) is 2.81. The van der Waals surface area contributed by atoms with Gasteiger partial charge in [-0.1, -0.05) is 12.1 Å². The van der Waals surface area contributed by atoms with Crippen LogP contribution in [0.1, 0.15) is 32.1 Å². The van der Waals surface area contributed by atoms with Crippen molar-refractivity contribution < 1.29 is 14.4 Å². The molecule has 2 atom stereocenters. The second-order valence-corrected chi connectivity index (χ2v) is 5.05. The Kier molecular flexibility index (Phi) is 4.30. The van der Waals surface area contributed by atoms with Crippen LogP contribution in [0.25, 0.3) is 0 Å². The molecule has 1 aromatic rings. The van der Waals surface area contributed by atoms with Crippen molar-refractivity contribution in [3.05, 3.63) is 12.2 Å². The van der Waals surface area contributed by atoms with Crippen LogP contribution in [0, 0.1) is 11.8 Å². The van der Waals surface area contributed by atoms with Crippen LogP contribution in [0.2, 0.25) is 0 Å². The van der Waals surface area contributed by atoms with Crippen LogP contribution in [0.3, 0.4) is 0 Å². The largest absolute Gasteiger partial charge is 0.481 e. The Balaban J connectivity index is 1.86. The number of hydrogen-bond acceptors (Lipinski definition) is 5. The van der Waals surface area contributed by atoms with Crippen LogP contribution in [0.5, 0.6) is 0 Å². The predicted octanol–water partition coefficient (Wildman–Crippen LogP) is 1.39. The summed E-state index contributed by atoms with van der Waals surface area (Å²) in [6.07, 6.45) is 3.86. The lowest BCUT2D eigenvalue weighted by Gasteiger charge is -2.34. The van der Waals surface area contributed by atoms with Gasteiger partial charge in [-0.2, -0.15) is 4.98 Å². The number of hydrogen-bond donors (Lipinski definition) is 1. The molecule has 1 aliphatic rings. The van der Waals surface area contributed by atoms with E-state index < -0.39 is 5.97 Å². The van der Waals surface area contributed by atoms with E-state index in [1.807, 2.05) is 6.92 Å². The van der Waals surface area contributed by atoms with E-state index in [-0.39, 0.29) is 12.3 Å². The van der Waals surface area contributed by atoms with Crippen molar-refractivity contribution in [3.63, 3.8) is 0 Å². The van der Waals surface area contributed by atoms with Gasteiger partial charge in [-0.05, 0) is 31.2 Å². The van der Waals surface area contributed by atoms with E-state index in [1.54, 1.807) is 0 Å². The van der Waals surface area contributed by atoms with Crippen molar-refractivity contribution in [1.82, 2.24) is 15.0 Å². The molecule has 1 saturated heterocycles. The fraction of sp³-hybridized carbons (Fsp3) is 0.750. The maximum Gasteiger partial charge on any atom is 0.303 e. The lowest BCUT2D eigenvalue weighted by Crippen LogP contribution is -2.37. The molecule has 2 heterocycles. The molecule has 100 valence electrons. The molecule has 6 heteroatoms. The summed E-state index contributed by atoms with van der Waals surface area (Å²) >= 11 is 0. The van der Waals surface area contributed by atoms with Gasteiger partial charge >= 0.3 is 5.97 Å². The van der Waals surface area contributed by atoms with Crippen LogP contribution >= 0.6 is 0 Å². The number of carboxylic acids is 1. The van der Waals surface area contributed by atoms with Crippen LogP contribution in [-0.2, 0) is 11.3 Å². The average molecular weight is 253 g/mol. The number of piperidine rings is 1. The monoisotopic (exact) mass is 253 g/mol. The molecule has 0 radical (unpaired) electrons. The van der Waals surface area contributed by atoms with Crippen molar-refractivity contribution in [2.24, 2.45) is 11.8 Å². The molecule has 1 fully saturated rings. The Bertz CT molecular complexity index is 380. The first-order chi connectivity index (χ1) is 8.65. The Labute approximate surface area is 106 Å². The molecule has 0 aromatic carbocycles. The van der Waals surface area contributed by atoms with E-state index in [2.05, 4.69) is 15.0 Å². The number of aliphatic carboxylic acids is 1. The molecular weight excluding hydrogens is 234 g/mol. The van der Waals surface area contributed by atoms with Gasteiger partial charge in [0.15, 0.2) is 6.33 Å². The summed E-state index contributed by atoms with van der Waals surface area (Å²) in [5.41, 5.74) is 0. The molecule has 0 bridgehead atoms. The smallest absolute Gasteiger partial charge is 0.303 e. The summed E-state index contributed by atoms with van der Waals surface area (Å²) in [6, 6.07) is 0. The van der Waals surface area contributed by atoms with Gasteiger partial charge in [0.05, 0.1) is 6.54 Å². The molecule has 0 spiro atoms. The van der Waals surface area contributed by atoms with E-state index >= 15 is 0 Å². The second-order valence-electron chi connectivity index (χ2n) is 5.05. The third-order valence-corrected chi connectivity index (χ3v) is 3.61. The van der Waals surface area contributed by atoms with Gasteiger partial charge in [-0.15, -0.1) is 0 Å². The Morgan fingerprint density at radius 3 is 3.22 bits per heavy atom. The molecular formula is C12H19N3O3. The molecule has 1 aromatic heterocycles. The minimum atomic E-state index is -0.712. The summed E-state index contributed by atoms with van der Waals surface area (Å²) in [5.74, 6) is 0.573. The van der Waals surface area contributed by atoms with Gasteiger partial charge in [0.2, 0.25) is 5.89 Å². The minimum absolute atomic E-state index is 0.216. The lowest BCUT2D eigenvalue weighted by atomic mass is 9.85. The molecule has 18 heavy (non-hydrogen) atoms. The van der Waals surface area contributed by atoms with Crippen LogP contribution < -0.4 is 0 Å². The fourth-order valence-corrected chi connectivity index (χ4v) is 2.60. The number of rotatable bonds is 5. The summed E-state index contributed by atoms with van der Waals surface area (Å²) < 4.78 is 5.00. The van der Waals surface area contributed by atoms with Gasteiger partial charge < -0.3 is 9.63 Å². The van der Waals surface area contributed by atoms with Crippen molar-refractivity contribution in [2.45, 2.75) is 32.7 Å². The standard InChI is InChI=1S/C12H19N3O3/c1-9(5-12(16)17)10-3-2-4-15(6-10)7-11-13-8-14-18-11/h8-10H,2-7H2,1H3,(H,16,17). The number of aromatic nitrogens is 2. The second kappa shape index (κ2) is 5.95. The molecule has 1 aliphatic heterocycles. The van der Waals surface area contributed by atoms with Crippen LogP contribution in [0.4, 0.5) is 0 Å². The van der Waals surface area contributed by atoms with Crippen LogP contribution in [0.15, 0.2) is 10.9 Å². The highest BCUT2D eigenvalue weighted by Gasteiger charge is 2.26. The quantitative estimate of drug-likeness (QED) is 0.854. The lowest BCUT2D eigenvalue weighted by molar-refractivity contribution is -0.138. The predicted molar refractivity (Wildman–Crippen MR) is 63.7 cm³/mol. The van der Waals surface area contributed by atoms with Gasteiger partial charge in [-0.25, -0.2) is 0 Å². The highest BCUT2D eigenvalue weighted by Crippen LogP contribution is 2.26. The first kappa shape index (κ1) is 13.0. The van der Waals surface area contributed by atoms with Crippen LogP contribution in [-0.4, -0.2) is 39.2 Å². The van der Waals surface area contributed by atoms with E-state index in [0.29, 0.717) is 18.4 Å². The van der Waals surface area contributed by atoms with E-state index in [9.17, 15) is 4.79 Å². The van der Waals surface area contributed by atoms with Crippen molar-refractivity contribution >= 4 is 5.97 Å². The highest BCUT2D eigenvalue weighted by atomic mass is 16.5. The summed E-state index contributed by atoms with van der Waals surface area (Å²) in [4.78, 5) is 17.0. The van der Waals surface area contributed by atoms with Crippen molar-refractivity contribution in [3.8, 4) is 0 Å². The summed E-state index contributed by atoms with van der Waals surface area (Å²) in [5, 5.41) is 12.4. The molecule has 1 N–H and O–H groups in total. The van der Waals surface area contributed by atoms with Gasteiger partial charge in [0, 0.05) is 13.0 Å². The SMILES string of the molecule is CC(CC(=O)O)C1CCCN(Cc2ncno2)C1. The zero-order valence-corrected chi connectivity index (χ0v) is 10.6. The molecule has 6 nitrogen and oxygen atoms in total. The number of carboxylic acid groups (broad SMARTS) is 1. The molecule has 2 unspecified atom stereocenters. The minimum Gasteiger partial charge on any atom is -0.481 e. The summed E-state index contributed by atoms with van der Waals surface area (Å²) in [6.45, 7) is 4.61. The summed E-state index contributed by atoms with van der Waals surface area (Å²) in [7, 11) is 0. The Hall–Kier alpha value is -1.43. The molecule has 0 amide bonds. The first-order valence-corrected chi connectivity index (χ1v) is 6.35. The zero-order chi connectivity index (χ0) is 13.0. The maximum atomic E-state index is 10.7. The van der Waals surface area contributed by atoms with Gasteiger partial charge in [0.1, 0.15) is 0 Å². The normalized spacial score (nSPS) is 22.8. The molecule has 2 rings (SSSR count). The fourth-order valence-electron chi connectivity index (χ4n) is 2.60. The van der Waals surface area contributed by atoms with Crippen molar-refractivity contribution in [1.29, 1.82) is 0 Å². The topological polar surface area (TPSA) is 79.5 Å². The van der Waals surface area contributed by atoms with Gasteiger partial charge in [-0.3, -0.25) is 9.69 Å². The third kappa shape index (κ3) is 3.53. The third-order valence-electron chi connectivity index (χ3n) is 3.61.